The molecule has 0 aliphatic carbocycles. The first-order valence-electron chi connectivity index (χ1n) is 11.8. The number of halogens is 1. The van der Waals surface area contributed by atoms with Crippen LogP contribution in [-0.2, 0) is 14.3 Å². The number of aryl methyl sites for hydroxylation is 2. The summed E-state index contributed by atoms with van der Waals surface area (Å²) < 4.78 is 25.7. The summed E-state index contributed by atoms with van der Waals surface area (Å²) in [5.74, 6) is -0.834. The molecule has 2 aromatic rings. The van der Waals surface area contributed by atoms with Crippen LogP contribution in [0.4, 0.5) is 14.9 Å². The molecule has 9 heteroatoms. The number of ether oxygens (including phenoxy) is 2. The average molecular weight is 484 g/mol. The van der Waals surface area contributed by atoms with Crippen molar-refractivity contribution in [3.63, 3.8) is 0 Å². The Labute approximate surface area is 203 Å². The molecule has 2 N–H and O–H groups in total. The fourth-order valence-electron chi connectivity index (χ4n) is 4.35. The largest absolute Gasteiger partial charge is 0.442 e. The molecule has 2 saturated heterocycles. The Morgan fingerprint density at radius 3 is 2.71 bits per heavy atom. The fourth-order valence-corrected chi connectivity index (χ4v) is 4.35. The van der Waals surface area contributed by atoms with E-state index in [9.17, 15) is 18.8 Å². The molecule has 2 aliphatic rings. The van der Waals surface area contributed by atoms with Crippen LogP contribution < -0.4 is 15.5 Å². The molecule has 0 bridgehead atoms. The minimum Gasteiger partial charge on any atom is -0.442 e. The number of nitrogens with one attached hydrogen (secondary N) is 2. The highest BCUT2D eigenvalue weighted by atomic mass is 19.1. The van der Waals surface area contributed by atoms with Crippen LogP contribution in [0.2, 0.25) is 0 Å². The molecule has 0 radical (unpaired) electrons. The van der Waals surface area contributed by atoms with Gasteiger partial charge in [-0.15, -0.1) is 0 Å². The summed E-state index contributed by atoms with van der Waals surface area (Å²) in [4.78, 5) is 38.4. The Kier molecular flexibility index (Phi) is 7.77. The van der Waals surface area contributed by atoms with Crippen LogP contribution in [0.1, 0.15) is 46.0 Å². The zero-order valence-corrected chi connectivity index (χ0v) is 19.9. The van der Waals surface area contributed by atoms with Gasteiger partial charge in [-0.3, -0.25) is 14.5 Å². The van der Waals surface area contributed by atoms with Gasteiger partial charge in [-0.1, -0.05) is 29.8 Å². The van der Waals surface area contributed by atoms with Crippen LogP contribution >= 0.6 is 0 Å². The van der Waals surface area contributed by atoms with Crippen LogP contribution in [0.5, 0.6) is 0 Å². The van der Waals surface area contributed by atoms with Crippen LogP contribution in [-0.4, -0.2) is 56.7 Å². The summed E-state index contributed by atoms with van der Waals surface area (Å²) in [6.45, 7) is 5.90. The lowest BCUT2D eigenvalue weighted by Gasteiger charge is -2.25. The maximum Gasteiger partial charge on any atom is 0.414 e. The third kappa shape index (κ3) is 6.04. The van der Waals surface area contributed by atoms with Gasteiger partial charge < -0.3 is 20.1 Å². The molecule has 2 atom stereocenters. The number of rotatable bonds is 8. The second-order valence-corrected chi connectivity index (χ2v) is 8.93. The van der Waals surface area contributed by atoms with Gasteiger partial charge >= 0.3 is 6.09 Å². The lowest BCUT2D eigenvalue weighted by molar-refractivity contribution is -0.121. The van der Waals surface area contributed by atoms with E-state index < -0.39 is 18.0 Å². The number of hydrogen-bond acceptors (Lipinski definition) is 6. The van der Waals surface area contributed by atoms with Crippen molar-refractivity contribution in [2.24, 2.45) is 0 Å². The van der Waals surface area contributed by atoms with Gasteiger partial charge in [0.05, 0.1) is 31.5 Å². The summed E-state index contributed by atoms with van der Waals surface area (Å²) in [7, 11) is 0. The van der Waals surface area contributed by atoms with E-state index in [1.165, 1.54) is 11.0 Å². The molecule has 35 heavy (non-hydrogen) atoms. The third-order valence-corrected chi connectivity index (χ3v) is 6.23. The van der Waals surface area contributed by atoms with Gasteiger partial charge in [0.15, 0.2) is 5.78 Å². The number of morpholine rings is 1. The Morgan fingerprint density at radius 2 is 2.00 bits per heavy atom. The molecule has 8 nitrogen and oxygen atoms in total. The zero-order chi connectivity index (χ0) is 24.9. The zero-order valence-electron chi connectivity index (χ0n) is 19.9. The number of ketones is 1. The SMILES string of the molecule is Cc1ccc(C(=O)CCC(=O)NCC2CN(c3ccc(C4CNCCO4)c(F)c3)C(=O)O2)c(C)c1. The van der Waals surface area contributed by atoms with E-state index in [-0.39, 0.29) is 43.7 Å². The van der Waals surface area contributed by atoms with E-state index in [4.69, 9.17) is 9.47 Å². The maximum absolute atomic E-state index is 14.7. The fraction of sp³-hybridized carbons (Fsp3) is 0.423. The third-order valence-electron chi connectivity index (χ3n) is 6.23. The molecule has 2 amide bonds. The monoisotopic (exact) mass is 483 g/mol. The number of nitrogens with zero attached hydrogens (tertiary/aromatic N) is 1. The maximum atomic E-state index is 14.7. The Hall–Kier alpha value is -3.30. The molecule has 2 heterocycles. The van der Waals surface area contributed by atoms with E-state index in [1.54, 1.807) is 18.2 Å². The minimum absolute atomic E-state index is 0.0430. The summed E-state index contributed by atoms with van der Waals surface area (Å²) in [5.41, 5.74) is 3.40. The lowest BCUT2D eigenvalue weighted by atomic mass is 9.99. The molecule has 2 fully saturated rings. The molecule has 186 valence electrons. The smallest absolute Gasteiger partial charge is 0.414 e. The summed E-state index contributed by atoms with van der Waals surface area (Å²) in [6.07, 6.45) is -1.40. The Bertz CT molecular complexity index is 1120. The van der Waals surface area contributed by atoms with Crippen LogP contribution in [0.3, 0.4) is 0 Å². The van der Waals surface area contributed by atoms with Crippen LogP contribution in [0, 0.1) is 19.7 Å². The van der Waals surface area contributed by atoms with Crippen molar-refractivity contribution < 1.29 is 28.2 Å². The van der Waals surface area contributed by atoms with Gasteiger partial charge in [-0.05, 0) is 31.5 Å². The highest BCUT2D eigenvalue weighted by Crippen LogP contribution is 2.28. The molecule has 0 aromatic heterocycles. The van der Waals surface area contributed by atoms with E-state index in [1.807, 2.05) is 26.0 Å². The number of carbonyl (C=O) groups is 3. The highest BCUT2D eigenvalue weighted by molar-refractivity contribution is 5.99. The van der Waals surface area contributed by atoms with E-state index in [0.29, 0.717) is 30.0 Å². The van der Waals surface area contributed by atoms with Crippen molar-refractivity contribution >= 4 is 23.5 Å². The second-order valence-electron chi connectivity index (χ2n) is 8.93. The van der Waals surface area contributed by atoms with Gasteiger partial charge in [0.25, 0.3) is 0 Å². The van der Waals surface area contributed by atoms with Crippen molar-refractivity contribution in [3.8, 4) is 0 Å². The predicted octanol–water partition coefficient (Wildman–Crippen LogP) is 3.21. The number of cyclic esters (lactones) is 1. The number of carbonyl (C=O) groups excluding carboxylic acids is 3. The Morgan fingerprint density at radius 1 is 1.17 bits per heavy atom. The first kappa shape index (κ1) is 24.8. The number of anilines is 1. The van der Waals surface area contributed by atoms with E-state index in [2.05, 4.69) is 10.6 Å². The normalized spacial score (nSPS) is 20.0. The van der Waals surface area contributed by atoms with Crippen molar-refractivity contribution in [1.82, 2.24) is 10.6 Å². The van der Waals surface area contributed by atoms with Crippen molar-refractivity contribution in [1.29, 1.82) is 0 Å². The molecular formula is C26H30FN3O5. The van der Waals surface area contributed by atoms with Crippen LogP contribution in [0.25, 0.3) is 0 Å². The number of benzene rings is 2. The van der Waals surface area contributed by atoms with E-state index in [0.717, 1.165) is 17.7 Å². The molecule has 4 rings (SSSR count). The average Bonchev–Trinajstić information content (AvgIpc) is 3.22. The van der Waals surface area contributed by atoms with Gasteiger partial charge in [0.1, 0.15) is 11.9 Å². The lowest BCUT2D eigenvalue weighted by Crippen LogP contribution is -2.35. The predicted molar refractivity (Wildman–Crippen MR) is 128 cm³/mol. The number of amides is 2. The molecular weight excluding hydrogens is 453 g/mol. The number of hydrogen-bond donors (Lipinski definition) is 2. The molecule has 0 saturated carbocycles. The van der Waals surface area contributed by atoms with Gasteiger partial charge in [-0.25, -0.2) is 9.18 Å². The summed E-state index contributed by atoms with van der Waals surface area (Å²) >= 11 is 0. The molecule has 2 unspecified atom stereocenters. The minimum atomic E-state index is -0.600. The standard InChI is InChI=1S/C26H30FN3O5/c1-16-3-5-20(17(2)11-16)23(31)7-8-25(32)29-13-19-15-30(26(33)35-19)18-4-6-21(22(27)12-18)24-14-28-9-10-34-24/h3-6,11-12,19,24,28H,7-10,13-15H2,1-2H3,(H,29,32). The highest BCUT2D eigenvalue weighted by Gasteiger charge is 2.33. The first-order chi connectivity index (χ1) is 16.8. The van der Waals surface area contributed by atoms with Gasteiger partial charge in [0, 0.05) is 37.1 Å². The van der Waals surface area contributed by atoms with Gasteiger partial charge in [-0.2, -0.15) is 0 Å². The van der Waals surface area contributed by atoms with Crippen LogP contribution in [0.15, 0.2) is 36.4 Å². The molecule has 2 aromatic carbocycles. The first-order valence-corrected chi connectivity index (χ1v) is 11.8. The summed E-state index contributed by atoms with van der Waals surface area (Å²) in [6, 6.07) is 10.2. The molecule has 0 spiro atoms. The number of Topliss-reactive ketones (excluding diaryl/α,β-unsaturated/α-hetero) is 1. The van der Waals surface area contributed by atoms with Crippen molar-refractivity contribution in [3.05, 3.63) is 64.5 Å². The van der Waals surface area contributed by atoms with Crippen molar-refractivity contribution in [2.45, 2.75) is 38.9 Å². The quantitative estimate of drug-likeness (QED) is 0.560. The van der Waals surface area contributed by atoms with Gasteiger partial charge in [0.2, 0.25) is 5.91 Å². The topological polar surface area (TPSA) is 97.0 Å². The van der Waals surface area contributed by atoms with Crippen molar-refractivity contribution in [2.75, 3.05) is 37.7 Å². The summed E-state index contributed by atoms with van der Waals surface area (Å²) in [5, 5.41) is 5.88. The molecule has 2 aliphatic heterocycles. The Balaban J connectivity index is 1.26. The van der Waals surface area contributed by atoms with E-state index >= 15 is 0 Å². The second kappa shape index (κ2) is 11.0.